The minimum absolute atomic E-state index is 0.109. The first-order valence-electron chi connectivity index (χ1n) is 11.2. The number of carbonyl (C=O) groups is 2. The smallest absolute Gasteiger partial charge is 0.410 e. The second-order valence-corrected chi connectivity index (χ2v) is 7.99. The molecular formula is C26H28N4O4. The van der Waals surface area contributed by atoms with Crippen LogP contribution in [0.4, 0.5) is 16.3 Å². The Morgan fingerprint density at radius 3 is 2.29 bits per heavy atom. The van der Waals surface area contributed by atoms with Crippen molar-refractivity contribution < 1.29 is 19.1 Å². The van der Waals surface area contributed by atoms with Crippen molar-refractivity contribution in [3.05, 3.63) is 84.1 Å². The minimum atomic E-state index is -0.300. The van der Waals surface area contributed by atoms with Crippen molar-refractivity contribution in [2.24, 2.45) is 0 Å². The van der Waals surface area contributed by atoms with E-state index in [9.17, 15) is 9.59 Å². The lowest BCUT2D eigenvalue weighted by atomic mass is 10.1. The molecule has 1 saturated heterocycles. The van der Waals surface area contributed by atoms with E-state index in [-0.39, 0.29) is 25.0 Å². The highest BCUT2D eigenvalue weighted by molar-refractivity contribution is 5.92. The van der Waals surface area contributed by atoms with Gasteiger partial charge in [0.25, 0.3) is 0 Å². The molecule has 8 heteroatoms. The van der Waals surface area contributed by atoms with Crippen LogP contribution in [-0.4, -0.2) is 55.2 Å². The summed E-state index contributed by atoms with van der Waals surface area (Å²) >= 11 is 0. The maximum absolute atomic E-state index is 12.3. The Bertz CT molecular complexity index is 1080. The molecule has 0 spiro atoms. The summed E-state index contributed by atoms with van der Waals surface area (Å²) in [6, 6.07) is 20.8. The molecule has 8 nitrogen and oxygen atoms in total. The second-order valence-electron chi connectivity index (χ2n) is 7.99. The first-order valence-corrected chi connectivity index (χ1v) is 11.2. The molecule has 1 aromatic heterocycles. The molecule has 1 fully saturated rings. The van der Waals surface area contributed by atoms with Gasteiger partial charge in [0.05, 0.1) is 25.4 Å². The van der Waals surface area contributed by atoms with E-state index in [0.29, 0.717) is 31.9 Å². The number of pyridine rings is 1. The second kappa shape index (κ2) is 11.2. The standard InChI is InChI=1S/C26H28N4O4/c1-33-23-10-7-20(8-11-23)17-25(31)28-22-9-12-24(27-18-22)29-13-15-30(16-14-29)26(32)34-19-21-5-3-2-4-6-21/h2-12,18H,13-17,19H2,1H3,(H,28,31). The number of methoxy groups -OCH3 is 1. The molecule has 1 aliphatic rings. The Morgan fingerprint density at radius 1 is 0.912 bits per heavy atom. The largest absolute Gasteiger partial charge is 0.497 e. The molecule has 2 amide bonds. The van der Waals surface area contributed by atoms with Gasteiger partial charge in [-0.25, -0.2) is 9.78 Å². The highest BCUT2D eigenvalue weighted by Crippen LogP contribution is 2.18. The molecule has 0 atom stereocenters. The predicted octanol–water partition coefficient (Wildman–Crippen LogP) is 3.73. The van der Waals surface area contributed by atoms with Crippen LogP contribution >= 0.6 is 0 Å². The Hall–Kier alpha value is -4.07. The van der Waals surface area contributed by atoms with Gasteiger partial charge >= 0.3 is 6.09 Å². The van der Waals surface area contributed by atoms with E-state index in [4.69, 9.17) is 9.47 Å². The van der Waals surface area contributed by atoms with Gasteiger partial charge < -0.3 is 24.6 Å². The molecular weight excluding hydrogens is 432 g/mol. The summed E-state index contributed by atoms with van der Waals surface area (Å²) in [5.74, 6) is 1.46. The fourth-order valence-corrected chi connectivity index (χ4v) is 3.71. The molecule has 0 aliphatic carbocycles. The predicted molar refractivity (Wildman–Crippen MR) is 130 cm³/mol. The first kappa shape index (κ1) is 23.1. The minimum Gasteiger partial charge on any atom is -0.497 e. The molecule has 1 N–H and O–H groups in total. The fourth-order valence-electron chi connectivity index (χ4n) is 3.71. The lowest BCUT2D eigenvalue weighted by Crippen LogP contribution is -2.49. The van der Waals surface area contributed by atoms with Crippen molar-refractivity contribution in [3.63, 3.8) is 0 Å². The van der Waals surface area contributed by atoms with E-state index < -0.39 is 0 Å². The van der Waals surface area contributed by atoms with Crippen molar-refractivity contribution in [3.8, 4) is 5.75 Å². The van der Waals surface area contributed by atoms with Crippen molar-refractivity contribution in [1.29, 1.82) is 0 Å². The number of aromatic nitrogens is 1. The zero-order chi connectivity index (χ0) is 23.8. The van der Waals surface area contributed by atoms with Crippen molar-refractivity contribution in [2.75, 3.05) is 43.5 Å². The highest BCUT2D eigenvalue weighted by atomic mass is 16.6. The van der Waals surface area contributed by atoms with Crippen LogP contribution < -0.4 is 15.0 Å². The number of nitrogens with zero attached hydrogens (tertiary/aromatic N) is 3. The molecule has 0 unspecified atom stereocenters. The first-order chi connectivity index (χ1) is 16.6. The average molecular weight is 461 g/mol. The van der Waals surface area contributed by atoms with Crippen molar-refractivity contribution in [2.45, 2.75) is 13.0 Å². The van der Waals surface area contributed by atoms with Gasteiger partial charge in [-0.1, -0.05) is 42.5 Å². The van der Waals surface area contributed by atoms with Crippen LogP contribution in [0.2, 0.25) is 0 Å². The zero-order valence-electron chi connectivity index (χ0n) is 19.1. The van der Waals surface area contributed by atoms with E-state index in [2.05, 4.69) is 15.2 Å². The van der Waals surface area contributed by atoms with E-state index in [1.807, 2.05) is 66.7 Å². The van der Waals surface area contributed by atoms with Crippen molar-refractivity contribution >= 4 is 23.5 Å². The van der Waals surface area contributed by atoms with Crippen LogP contribution in [0.3, 0.4) is 0 Å². The van der Waals surface area contributed by atoms with Gasteiger partial charge in [-0.3, -0.25) is 4.79 Å². The van der Waals surface area contributed by atoms with Gasteiger partial charge in [-0.2, -0.15) is 0 Å². The third kappa shape index (κ3) is 6.25. The molecule has 3 aromatic rings. The lowest BCUT2D eigenvalue weighted by molar-refractivity contribution is -0.115. The van der Waals surface area contributed by atoms with Crippen LogP contribution in [0.5, 0.6) is 5.75 Å². The number of piperazine rings is 1. The summed E-state index contributed by atoms with van der Waals surface area (Å²) in [4.78, 5) is 33.0. The van der Waals surface area contributed by atoms with Gasteiger partial charge in [0.15, 0.2) is 0 Å². The number of rotatable bonds is 7. The summed E-state index contributed by atoms with van der Waals surface area (Å²) in [6.07, 6.45) is 1.63. The Labute approximate surface area is 199 Å². The monoisotopic (exact) mass is 460 g/mol. The lowest BCUT2D eigenvalue weighted by Gasteiger charge is -2.34. The van der Waals surface area contributed by atoms with E-state index in [1.54, 1.807) is 18.2 Å². The van der Waals surface area contributed by atoms with E-state index in [1.165, 1.54) is 0 Å². The van der Waals surface area contributed by atoms with Gasteiger partial charge in [0, 0.05) is 26.2 Å². The Morgan fingerprint density at radius 2 is 1.65 bits per heavy atom. The number of hydrogen-bond donors (Lipinski definition) is 1. The molecule has 34 heavy (non-hydrogen) atoms. The molecule has 0 bridgehead atoms. The Kier molecular flexibility index (Phi) is 7.60. The summed E-state index contributed by atoms with van der Waals surface area (Å²) < 4.78 is 10.6. The van der Waals surface area contributed by atoms with E-state index in [0.717, 1.165) is 22.7 Å². The summed E-state index contributed by atoms with van der Waals surface area (Å²) in [5, 5.41) is 2.88. The zero-order valence-corrected chi connectivity index (χ0v) is 19.1. The number of amides is 2. The topological polar surface area (TPSA) is 84.0 Å². The number of carbonyl (C=O) groups excluding carboxylic acids is 2. The molecule has 4 rings (SSSR count). The third-order valence-corrected chi connectivity index (χ3v) is 5.62. The maximum atomic E-state index is 12.3. The van der Waals surface area contributed by atoms with Crippen LogP contribution in [0, 0.1) is 0 Å². The van der Waals surface area contributed by atoms with Crippen LogP contribution in [0.25, 0.3) is 0 Å². The number of ether oxygens (including phenoxy) is 2. The Balaban J connectivity index is 1.22. The molecule has 176 valence electrons. The molecule has 2 heterocycles. The van der Waals surface area contributed by atoms with Crippen LogP contribution in [0.15, 0.2) is 72.9 Å². The molecule has 0 radical (unpaired) electrons. The van der Waals surface area contributed by atoms with Crippen LogP contribution in [-0.2, 0) is 22.6 Å². The molecule has 2 aromatic carbocycles. The summed E-state index contributed by atoms with van der Waals surface area (Å²) in [7, 11) is 1.61. The molecule has 1 aliphatic heterocycles. The van der Waals surface area contributed by atoms with Gasteiger partial charge in [-0.15, -0.1) is 0 Å². The summed E-state index contributed by atoms with van der Waals surface area (Å²) in [5.41, 5.74) is 2.52. The number of hydrogen-bond acceptors (Lipinski definition) is 6. The van der Waals surface area contributed by atoms with Gasteiger partial charge in [-0.05, 0) is 35.4 Å². The molecule has 0 saturated carbocycles. The van der Waals surface area contributed by atoms with Crippen molar-refractivity contribution in [1.82, 2.24) is 9.88 Å². The normalized spacial score (nSPS) is 13.3. The number of anilines is 2. The van der Waals surface area contributed by atoms with Gasteiger partial charge in [0.2, 0.25) is 5.91 Å². The maximum Gasteiger partial charge on any atom is 0.410 e. The van der Waals surface area contributed by atoms with E-state index >= 15 is 0 Å². The quantitative estimate of drug-likeness (QED) is 0.579. The van der Waals surface area contributed by atoms with Gasteiger partial charge in [0.1, 0.15) is 18.2 Å². The fraction of sp³-hybridized carbons (Fsp3) is 0.269. The average Bonchev–Trinajstić information content (AvgIpc) is 2.89. The SMILES string of the molecule is COc1ccc(CC(=O)Nc2ccc(N3CCN(C(=O)OCc4ccccc4)CC3)nc2)cc1. The number of nitrogens with one attached hydrogen (secondary N) is 1. The summed E-state index contributed by atoms with van der Waals surface area (Å²) in [6.45, 7) is 2.73. The highest BCUT2D eigenvalue weighted by Gasteiger charge is 2.23. The number of benzene rings is 2. The third-order valence-electron chi connectivity index (χ3n) is 5.62. The van der Waals surface area contributed by atoms with Crippen LogP contribution in [0.1, 0.15) is 11.1 Å².